The van der Waals surface area contributed by atoms with E-state index in [4.69, 9.17) is 20.4 Å². The van der Waals surface area contributed by atoms with E-state index in [2.05, 4.69) is 27.1 Å². The van der Waals surface area contributed by atoms with Gasteiger partial charge in [0.25, 0.3) is 0 Å². The van der Waals surface area contributed by atoms with Gasteiger partial charge in [0.2, 0.25) is 0 Å². The van der Waals surface area contributed by atoms with E-state index in [-0.39, 0.29) is 17.9 Å². The number of ether oxygens (including phenoxy) is 1. The largest absolute Gasteiger partial charge is 0.423 e. The third kappa shape index (κ3) is 3.91. The molecule has 35 heavy (non-hydrogen) atoms. The number of hydrogen-bond donors (Lipinski definition) is 2. The summed E-state index contributed by atoms with van der Waals surface area (Å²) in [5.41, 5.74) is 11.9. The molecule has 3 N–H and O–H groups in total. The van der Waals surface area contributed by atoms with Crippen molar-refractivity contribution in [3.8, 4) is 22.9 Å². The van der Waals surface area contributed by atoms with Crippen LogP contribution in [0.15, 0.2) is 42.7 Å². The first-order valence-corrected chi connectivity index (χ1v) is 11.8. The molecule has 0 spiro atoms. The van der Waals surface area contributed by atoms with Gasteiger partial charge in [0.05, 0.1) is 22.9 Å². The Kier molecular flexibility index (Phi) is 5.21. The van der Waals surface area contributed by atoms with Crippen LogP contribution in [-0.2, 0) is 6.42 Å². The number of nitrogens with one attached hydrogen (secondary N) is 1. The summed E-state index contributed by atoms with van der Waals surface area (Å²) in [5.74, 6) is 1.37. The van der Waals surface area contributed by atoms with E-state index in [0.717, 1.165) is 64.4 Å². The lowest BCUT2D eigenvalue weighted by atomic mass is 10.0. The summed E-state index contributed by atoms with van der Waals surface area (Å²) in [5, 5.41) is 3.12. The number of nitrogens with zero attached hydrogens (tertiary/aromatic N) is 5. The lowest BCUT2D eigenvalue weighted by molar-refractivity contribution is 0.438. The van der Waals surface area contributed by atoms with Gasteiger partial charge < -0.3 is 20.7 Å². The molecule has 6 rings (SSSR count). The summed E-state index contributed by atoms with van der Waals surface area (Å²) >= 11 is 0. The number of aromatic nitrogens is 4. The minimum Gasteiger partial charge on any atom is -0.423 e. The third-order valence-electron chi connectivity index (χ3n) is 6.79. The molecule has 0 aliphatic heterocycles. The van der Waals surface area contributed by atoms with E-state index in [1.54, 1.807) is 25.5 Å². The fourth-order valence-corrected chi connectivity index (χ4v) is 4.82. The Bertz CT molecular complexity index is 1440. The number of rotatable bonds is 7. The highest BCUT2D eigenvalue weighted by molar-refractivity contribution is 5.88. The van der Waals surface area contributed by atoms with Crippen molar-refractivity contribution in [3.63, 3.8) is 0 Å². The van der Waals surface area contributed by atoms with Crippen molar-refractivity contribution in [2.24, 2.45) is 11.7 Å². The molecular formula is C26H26FN7O. The third-order valence-corrected chi connectivity index (χ3v) is 6.79. The molecule has 1 saturated carbocycles. The Balaban J connectivity index is 1.45. The van der Waals surface area contributed by atoms with Gasteiger partial charge in [-0.1, -0.05) is 0 Å². The molecule has 0 bridgehead atoms. The molecule has 8 nitrogen and oxygen atoms in total. The van der Waals surface area contributed by atoms with Crippen LogP contribution in [0.2, 0.25) is 0 Å². The summed E-state index contributed by atoms with van der Waals surface area (Å²) in [7, 11) is 1.80. The highest BCUT2D eigenvalue weighted by atomic mass is 19.1. The average molecular weight is 472 g/mol. The molecule has 1 aromatic carbocycles. The van der Waals surface area contributed by atoms with Gasteiger partial charge in [-0.3, -0.25) is 9.97 Å². The fraction of sp³-hybridized carbons (Fsp3) is 0.308. The van der Waals surface area contributed by atoms with E-state index in [1.165, 1.54) is 6.07 Å². The van der Waals surface area contributed by atoms with Gasteiger partial charge in [0, 0.05) is 56.1 Å². The molecule has 0 saturated heterocycles. The van der Waals surface area contributed by atoms with Gasteiger partial charge in [-0.05, 0) is 54.7 Å². The maximum absolute atomic E-state index is 14.5. The molecule has 3 heterocycles. The average Bonchev–Trinajstić information content (AvgIpc) is 3.44. The molecule has 2 aliphatic carbocycles. The predicted octanol–water partition coefficient (Wildman–Crippen LogP) is 4.14. The van der Waals surface area contributed by atoms with Crippen molar-refractivity contribution < 1.29 is 9.13 Å². The van der Waals surface area contributed by atoms with E-state index in [1.807, 2.05) is 18.2 Å². The zero-order chi connectivity index (χ0) is 24.1. The van der Waals surface area contributed by atoms with E-state index >= 15 is 0 Å². The second-order valence-corrected chi connectivity index (χ2v) is 9.07. The fourth-order valence-electron chi connectivity index (χ4n) is 4.82. The SMILES string of the molecule is CCN(CC1CC1N)c1nc(Oc2cnc3cccnc3c2)nc2c1-c1cc(F)cc(NC)c1C2. The highest BCUT2D eigenvalue weighted by Gasteiger charge is 2.37. The molecule has 9 heteroatoms. The van der Waals surface area contributed by atoms with Crippen molar-refractivity contribution in [2.45, 2.75) is 25.8 Å². The van der Waals surface area contributed by atoms with Gasteiger partial charge in [-0.2, -0.15) is 9.97 Å². The summed E-state index contributed by atoms with van der Waals surface area (Å²) in [6, 6.07) is 9.10. The van der Waals surface area contributed by atoms with Crippen LogP contribution in [0.3, 0.4) is 0 Å². The Morgan fingerprint density at radius 2 is 2.06 bits per heavy atom. The van der Waals surface area contributed by atoms with Crippen LogP contribution in [0.1, 0.15) is 24.6 Å². The standard InChI is InChI=1S/C26H26FN7O/c1-3-34(13-14-7-19(14)28)25-24-18-8-15(27)9-21(29-2)17(18)11-23(24)32-26(33-25)35-16-10-22-20(31-12-16)5-4-6-30-22/h4-6,8-10,12,14,19,29H,3,7,11,13,28H2,1-2H3. The van der Waals surface area contributed by atoms with Gasteiger partial charge in [-0.15, -0.1) is 0 Å². The molecule has 1 fully saturated rings. The predicted molar refractivity (Wildman–Crippen MR) is 133 cm³/mol. The number of fused-ring (bicyclic) bond motifs is 4. The number of benzene rings is 1. The Morgan fingerprint density at radius 3 is 2.83 bits per heavy atom. The monoisotopic (exact) mass is 471 g/mol. The summed E-state index contributed by atoms with van der Waals surface area (Å²) < 4.78 is 20.6. The van der Waals surface area contributed by atoms with Crippen LogP contribution >= 0.6 is 0 Å². The second kappa shape index (κ2) is 8.42. The summed E-state index contributed by atoms with van der Waals surface area (Å²) in [4.78, 5) is 20.6. The highest BCUT2D eigenvalue weighted by Crippen LogP contribution is 2.46. The van der Waals surface area contributed by atoms with Crippen LogP contribution < -0.4 is 20.7 Å². The van der Waals surface area contributed by atoms with Gasteiger partial charge in [-0.25, -0.2) is 4.39 Å². The lowest BCUT2D eigenvalue weighted by Gasteiger charge is -2.25. The molecule has 3 aromatic heterocycles. The molecule has 2 unspecified atom stereocenters. The topological polar surface area (TPSA) is 102 Å². The van der Waals surface area contributed by atoms with Gasteiger partial charge in [0.15, 0.2) is 5.75 Å². The minimum absolute atomic E-state index is 0.214. The molecule has 178 valence electrons. The smallest absolute Gasteiger partial charge is 0.324 e. The molecule has 0 amide bonds. The summed E-state index contributed by atoms with van der Waals surface area (Å²) in [6.45, 7) is 3.60. The van der Waals surface area contributed by atoms with Crippen molar-refractivity contribution in [3.05, 3.63) is 59.8 Å². The van der Waals surface area contributed by atoms with Gasteiger partial charge in [0.1, 0.15) is 11.6 Å². The van der Waals surface area contributed by atoms with E-state index in [9.17, 15) is 4.39 Å². The molecule has 4 aromatic rings. The maximum atomic E-state index is 14.5. The van der Waals surface area contributed by atoms with Crippen molar-refractivity contribution in [1.82, 2.24) is 19.9 Å². The van der Waals surface area contributed by atoms with Crippen molar-refractivity contribution >= 4 is 22.5 Å². The van der Waals surface area contributed by atoms with E-state index in [0.29, 0.717) is 18.1 Å². The normalized spacial score (nSPS) is 17.7. The molecule has 0 radical (unpaired) electrons. The quantitative estimate of drug-likeness (QED) is 0.365. The number of anilines is 2. The van der Waals surface area contributed by atoms with Crippen molar-refractivity contribution in [1.29, 1.82) is 0 Å². The molecule has 2 aliphatic rings. The minimum atomic E-state index is -0.297. The number of hydrogen-bond acceptors (Lipinski definition) is 8. The first-order chi connectivity index (χ1) is 17.0. The Labute approximate surface area is 202 Å². The number of pyridine rings is 2. The maximum Gasteiger partial charge on any atom is 0.324 e. The molecule has 2 atom stereocenters. The van der Waals surface area contributed by atoms with Crippen LogP contribution in [0.25, 0.3) is 22.2 Å². The van der Waals surface area contributed by atoms with E-state index < -0.39 is 0 Å². The summed E-state index contributed by atoms with van der Waals surface area (Å²) in [6.07, 6.45) is 4.92. The van der Waals surface area contributed by atoms with Gasteiger partial charge >= 0.3 is 6.01 Å². The van der Waals surface area contributed by atoms with Crippen LogP contribution in [0.4, 0.5) is 15.9 Å². The van der Waals surface area contributed by atoms with Crippen LogP contribution in [-0.4, -0.2) is 46.1 Å². The number of nitrogens with two attached hydrogens (primary N) is 1. The lowest BCUT2D eigenvalue weighted by Crippen LogP contribution is -2.28. The first kappa shape index (κ1) is 21.7. The zero-order valence-corrected chi connectivity index (χ0v) is 19.6. The van der Waals surface area contributed by atoms with Crippen molar-refractivity contribution in [2.75, 3.05) is 30.4 Å². The number of halogens is 1. The van der Waals surface area contributed by atoms with Crippen LogP contribution in [0, 0.1) is 11.7 Å². The van der Waals surface area contributed by atoms with Crippen LogP contribution in [0.5, 0.6) is 11.8 Å². The Hall–Kier alpha value is -3.85. The first-order valence-electron chi connectivity index (χ1n) is 11.8. The zero-order valence-electron chi connectivity index (χ0n) is 19.6. The Morgan fingerprint density at radius 1 is 1.20 bits per heavy atom. The molecular weight excluding hydrogens is 445 g/mol. The second-order valence-electron chi connectivity index (χ2n) is 9.07.